The first-order chi connectivity index (χ1) is 8.63. The van der Waals surface area contributed by atoms with E-state index >= 15 is 0 Å². The molecule has 0 N–H and O–H groups in total. The zero-order valence-corrected chi connectivity index (χ0v) is 11.4. The van der Waals surface area contributed by atoms with Crippen molar-refractivity contribution in [1.29, 1.82) is 0 Å². The Kier molecular flexibility index (Phi) is 4.19. The monoisotopic (exact) mass is 268 g/mol. The molecule has 1 aromatic heterocycles. The van der Waals surface area contributed by atoms with Gasteiger partial charge in [0.2, 0.25) is 0 Å². The number of pyridine rings is 1. The number of morpholine rings is 1. The summed E-state index contributed by atoms with van der Waals surface area (Å²) >= 11 is 6.12. The molecule has 0 aromatic carbocycles. The number of aromatic nitrogens is 1. The second-order valence-electron chi connectivity index (χ2n) is 4.44. The molecule has 2 heterocycles. The predicted octanol–water partition coefficient (Wildman–Crippen LogP) is 2.29. The standard InChI is InChI=1S/C13H17ClN2O2/c1-3-10-8-18-5-4-16(10)13(17)11-7-15-9(2)6-12(11)14/h6-7,10H,3-5,8H2,1-2H3. The first kappa shape index (κ1) is 13.3. The van der Waals surface area contributed by atoms with Crippen LogP contribution >= 0.6 is 11.6 Å². The smallest absolute Gasteiger partial charge is 0.257 e. The molecule has 2 rings (SSSR count). The van der Waals surface area contributed by atoms with Gasteiger partial charge < -0.3 is 9.64 Å². The van der Waals surface area contributed by atoms with Crippen molar-refractivity contribution in [3.63, 3.8) is 0 Å². The number of nitrogens with zero attached hydrogens (tertiary/aromatic N) is 2. The minimum absolute atomic E-state index is 0.0531. The van der Waals surface area contributed by atoms with Gasteiger partial charge in [0.15, 0.2) is 0 Å². The number of ether oxygens (including phenoxy) is 1. The third kappa shape index (κ3) is 2.65. The normalized spacial score (nSPS) is 19.9. The number of hydrogen-bond donors (Lipinski definition) is 0. The zero-order chi connectivity index (χ0) is 13.1. The van der Waals surface area contributed by atoms with E-state index in [0.717, 1.165) is 12.1 Å². The van der Waals surface area contributed by atoms with Gasteiger partial charge in [-0.05, 0) is 19.4 Å². The molecule has 1 amide bonds. The minimum Gasteiger partial charge on any atom is -0.377 e. The van der Waals surface area contributed by atoms with E-state index in [9.17, 15) is 4.79 Å². The van der Waals surface area contributed by atoms with Crippen molar-refractivity contribution in [2.45, 2.75) is 26.3 Å². The number of amides is 1. The molecule has 1 unspecified atom stereocenters. The van der Waals surface area contributed by atoms with E-state index in [1.54, 1.807) is 12.3 Å². The van der Waals surface area contributed by atoms with Gasteiger partial charge in [-0.1, -0.05) is 18.5 Å². The Morgan fingerprint density at radius 3 is 3.11 bits per heavy atom. The lowest BCUT2D eigenvalue weighted by Gasteiger charge is -2.35. The first-order valence-corrected chi connectivity index (χ1v) is 6.52. The molecule has 1 aliphatic heterocycles. The van der Waals surface area contributed by atoms with Crippen LogP contribution in [0.3, 0.4) is 0 Å². The average molecular weight is 269 g/mol. The molecule has 1 aliphatic rings. The fourth-order valence-electron chi connectivity index (χ4n) is 2.10. The molecule has 0 bridgehead atoms. The average Bonchev–Trinajstić information content (AvgIpc) is 2.38. The lowest BCUT2D eigenvalue weighted by molar-refractivity contribution is -0.00281. The maximum Gasteiger partial charge on any atom is 0.257 e. The molecule has 1 saturated heterocycles. The molecule has 18 heavy (non-hydrogen) atoms. The summed E-state index contributed by atoms with van der Waals surface area (Å²) < 4.78 is 5.40. The Labute approximate surface area is 112 Å². The van der Waals surface area contributed by atoms with Crippen molar-refractivity contribution in [3.8, 4) is 0 Å². The summed E-state index contributed by atoms with van der Waals surface area (Å²) in [5.74, 6) is -0.0531. The van der Waals surface area contributed by atoms with Crippen molar-refractivity contribution in [1.82, 2.24) is 9.88 Å². The first-order valence-electron chi connectivity index (χ1n) is 6.14. The number of halogens is 1. The lowest BCUT2D eigenvalue weighted by Crippen LogP contribution is -2.48. The van der Waals surface area contributed by atoms with Gasteiger partial charge in [0, 0.05) is 18.4 Å². The van der Waals surface area contributed by atoms with E-state index in [1.807, 2.05) is 11.8 Å². The molecular formula is C13H17ClN2O2. The molecule has 4 nitrogen and oxygen atoms in total. The van der Waals surface area contributed by atoms with Crippen LogP contribution in [0.4, 0.5) is 0 Å². The maximum absolute atomic E-state index is 12.4. The third-order valence-electron chi connectivity index (χ3n) is 3.18. The maximum atomic E-state index is 12.4. The van der Waals surface area contributed by atoms with Crippen molar-refractivity contribution in [3.05, 3.63) is 28.5 Å². The highest BCUT2D eigenvalue weighted by Gasteiger charge is 2.28. The Balaban J connectivity index is 2.24. The quantitative estimate of drug-likeness (QED) is 0.827. The molecule has 0 radical (unpaired) electrons. The van der Waals surface area contributed by atoms with Crippen molar-refractivity contribution in [2.24, 2.45) is 0 Å². The molecule has 5 heteroatoms. The SMILES string of the molecule is CCC1COCCN1C(=O)c1cnc(C)cc1Cl. The van der Waals surface area contributed by atoms with E-state index in [0.29, 0.717) is 30.3 Å². The van der Waals surface area contributed by atoms with Crippen LogP contribution in [0.5, 0.6) is 0 Å². The highest BCUT2D eigenvalue weighted by Crippen LogP contribution is 2.20. The van der Waals surface area contributed by atoms with Gasteiger partial charge in [0.05, 0.1) is 29.8 Å². The molecule has 98 valence electrons. The molecule has 1 atom stereocenters. The van der Waals surface area contributed by atoms with Gasteiger partial charge in [-0.2, -0.15) is 0 Å². The van der Waals surface area contributed by atoms with Crippen LogP contribution in [0.1, 0.15) is 29.4 Å². The number of aryl methyl sites for hydroxylation is 1. The predicted molar refractivity (Wildman–Crippen MR) is 69.9 cm³/mol. The van der Waals surface area contributed by atoms with Crippen LogP contribution in [0.25, 0.3) is 0 Å². The number of rotatable bonds is 2. The topological polar surface area (TPSA) is 42.4 Å². The molecule has 0 aliphatic carbocycles. The Hall–Kier alpha value is -1.13. The number of carbonyl (C=O) groups excluding carboxylic acids is 1. The number of carbonyl (C=O) groups is 1. The highest BCUT2D eigenvalue weighted by molar-refractivity contribution is 6.33. The van der Waals surface area contributed by atoms with Gasteiger partial charge in [0.25, 0.3) is 5.91 Å². The Bertz CT molecular complexity index is 451. The van der Waals surface area contributed by atoms with Crippen molar-refractivity contribution in [2.75, 3.05) is 19.8 Å². The van der Waals surface area contributed by atoms with Crippen LogP contribution in [-0.2, 0) is 4.74 Å². The summed E-state index contributed by atoms with van der Waals surface area (Å²) in [4.78, 5) is 18.4. The summed E-state index contributed by atoms with van der Waals surface area (Å²) in [6.45, 7) is 5.69. The van der Waals surface area contributed by atoms with Crippen LogP contribution in [-0.4, -0.2) is 41.6 Å². The van der Waals surface area contributed by atoms with E-state index in [4.69, 9.17) is 16.3 Å². The number of hydrogen-bond acceptors (Lipinski definition) is 3. The molecule has 1 aromatic rings. The molecule has 0 saturated carbocycles. The van der Waals surface area contributed by atoms with E-state index < -0.39 is 0 Å². The van der Waals surface area contributed by atoms with Gasteiger partial charge in [-0.15, -0.1) is 0 Å². The Morgan fingerprint density at radius 2 is 2.44 bits per heavy atom. The zero-order valence-electron chi connectivity index (χ0n) is 10.6. The fraction of sp³-hybridized carbons (Fsp3) is 0.538. The Morgan fingerprint density at radius 1 is 1.67 bits per heavy atom. The van der Waals surface area contributed by atoms with Gasteiger partial charge in [-0.25, -0.2) is 0 Å². The van der Waals surface area contributed by atoms with Gasteiger partial charge in [-0.3, -0.25) is 9.78 Å². The van der Waals surface area contributed by atoms with E-state index in [2.05, 4.69) is 11.9 Å². The summed E-state index contributed by atoms with van der Waals surface area (Å²) in [5.41, 5.74) is 1.29. The highest BCUT2D eigenvalue weighted by atomic mass is 35.5. The van der Waals surface area contributed by atoms with E-state index in [-0.39, 0.29) is 11.9 Å². The summed E-state index contributed by atoms with van der Waals surface area (Å²) in [7, 11) is 0. The second-order valence-corrected chi connectivity index (χ2v) is 4.85. The van der Waals surface area contributed by atoms with Crippen LogP contribution < -0.4 is 0 Å². The summed E-state index contributed by atoms with van der Waals surface area (Å²) in [6, 6.07) is 1.85. The van der Waals surface area contributed by atoms with Crippen molar-refractivity contribution < 1.29 is 9.53 Å². The fourth-order valence-corrected chi connectivity index (χ4v) is 2.39. The second kappa shape index (κ2) is 5.67. The molecular weight excluding hydrogens is 252 g/mol. The van der Waals surface area contributed by atoms with Gasteiger partial charge in [0.1, 0.15) is 0 Å². The third-order valence-corrected chi connectivity index (χ3v) is 3.49. The summed E-state index contributed by atoms with van der Waals surface area (Å²) in [5, 5.41) is 0.467. The largest absolute Gasteiger partial charge is 0.377 e. The lowest BCUT2D eigenvalue weighted by atomic mass is 10.1. The van der Waals surface area contributed by atoms with Crippen LogP contribution in [0.15, 0.2) is 12.3 Å². The molecule has 1 fully saturated rings. The molecule has 0 spiro atoms. The van der Waals surface area contributed by atoms with E-state index in [1.165, 1.54) is 0 Å². The van der Waals surface area contributed by atoms with Crippen LogP contribution in [0, 0.1) is 6.92 Å². The van der Waals surface area contributed by atoms with Gasteiger partial charge >= 0.3 is 0 Å². The van der Waals surface area contributed by atoms with Crippen LogP contribution in [0.2, 0.25) is 5.02 Å². The minimum atomic E-state index is -0.0531. The summed E-state index contributed by atoms with van der Waals surface area (Å²) in [6.07, 6.45) is 2.44. The van der Waals surface area contributed by atoms with Crippen molar-refractivity contribution >= 4 is 17.5 Å².